The van der Waals surface area contributed by atoms with E-state index in [1.807, 2.05) is 53.7 Å². The molecule has 0 N–H and O–H groups in total. The van der Waals surface area contributed by atoms with Crippen molar-refractivity contribution in [2.45, 2.75) is 67.7 Å². The monoisotopic (exact) mass is 302 g/mol. The molecule has 2 nitrogen and oxygen atoms in total. The molecular weight excluding hydrogens is 272 g/mol. The first-order valence-electron chi connectivity index (χ1n) is 7.89. The topological polar surface area (TPSA) is 34.1 Å². The van der Waals surface area contributed by atoms with E-state index in [4.69, 9.17) is 0 Å². The van der Waals surface area contributed by atoms with Gasteiger partial charge in [0.1, 0.15) is 0 Å². The van der Waals surface area contributed by atoms with Gasteiger partial charge in [0.15, 0.2) is 11.6 Å². The van der Waals surface area contributed by atoms with Crippen LogP contribution >= 0.6 is 0 Å². The Labute approximate surface area is 135 Å². The number of hydrogen-bond acceptors (Lipinski definition) is 2. The van der Waals surface area contributed by atoms with Gasteiger partial charge in [0.05, 0.1) is 0 Å². The predicted octanol–water partition coefficient (Wildman–Crippen LogP) is 5.44. The first-order valence-corrected chi connectivity index (χ1v) is 7.89. The number of Topliss-reactive ketones (excluding diaryl/α,β-unsaturated/α-hetero) is 2. The highest BCUT2D eigenvalue weighted by Crippen LogP contribution is 2.30. The van der Waals surface area contributed by atoms with Gasteiger partial charge < -0.3 is 0 Å². The fourth-order valence-corrected chi connectivity index (χ4v) is 2.19. The van der Waals surface area contributed by atoms with Gasteiger partial charge in [0, 0.05) is 22.0 Å². The Morgan fingerprint density at radius 2 is 0.955 bits per heavy atom. The molecule has 0 heterocycles. The molecule has 0 saturated carbocycles. The van der Waals surface area contributed by atoms with Crippen molar-refractivity contribution < 1.29 is 9.59 Å². The standard InChI is InChI=1S/C20H30O2/c1-18(2,3)15-11-13(16(21)19(4,5)6)10-14(12-15)17(22)20(7,8)9/h10-12H,1-9H3. The van der Waals surface area contributed by atoms with Crippen molar-refractivity contribution in [2.24, 2.45) is 10.8 Å². The van der Waals surface area contributed by atoms with E-state index in [0.717, 1.165) is 5.56 Å². The van der Waals surface area contributed by atoms with Crippen LogP contribution in [0, 0.1) is 10.8 Å². The third-order valence-electron chi connectivity index (χ3n) is 3.69. The third kappa shape index (κ3) is 4.28. The van der Waals surface area contributed by atoms with Crippen molar-refractivity contribution in [2.75, 3.05) is 0 Å². The van der Waals surface area contributed by atoms with Crippen LogP contribution in [0.1, 0.15) is 88.6 Å². The van der Waals surface area contributed by atoms with E-state index in [1.165, 1.54) is 0 Å². The summed E-state index contributed by atoms with van der Waals surface area (Å²) in [7, 11) is 0. The quantitative estimate of drug-likeness (QED) is 0.681. The molecule has 0 aromatic heterocycles. The van der Waals surface area contributed by atoms with Crippen LogP contribution in [0.4, 0.5) is 0 Å². The maximum absolute atomic E-state index is 12.7. The van der Waals surface area contributed by atoms with Crippen LogP contribution in [0.2, 0.25) is 0 Å². The average molecular weight is 302 g/mol. The second-order valence-corrected chi connectivity index (χ2v) is 9.21. The van der Waals surface area contributed by atoms with E-state index in [2.05, 4.69) is 20.8 Å². The normalized spacial score (nSPS) is 13.1. The minimum Gasteiger partial charge on any atom is -0.294 e. The lowest BCUT2D eigenvalue weighted by atomic mass is 9.78. The highest BCUT2D eigenvalue weighted by molar-refractivity contribution is 6.05. The van der Waals surface area contributed by atoms with Crippen molar-refractivity contribution in [1.82, 2.24) is 0 Å². The molecule has 0 radical (unpaired) electrons. The molecule has 0 unspecified atom stereocenters. The van der Waals surface area contributed by atoms with E-state index < -0.39 is 10.8 Å². The lowest BCUT2D eigenvalue weighted by molar-refractivity contribution is 0.0855. The Balaban J connectivity index is 3.55. The van der Waals surface area contributed by atoms with E-state index in [-0.39, 0.29) is 17.0 Å². The van der Waals surface area contributed by atoms with Crippen molar-refractivity contribution >= 4 is 11.6 Å². The molecule has 0 aliphatic rings. The molecule has 2 heteroatoms. The number of hydrogen-bond donors (Lipinski definition) is 0. The van der Waals surface area contributed by atoms with Gasteiger partial charge in [0.25, 0.3) is 0 Å². The summed E-state index contributed by atoms with van der Waals surface area (Å²) < 4.78 is 0. The Kier molecular flexibility index (Phi) is 4.77. The van der Waals surface area contributed by atoms with Gasteiger partial charge >= 0.3 is 0 Å². The van der Waals surface area contributed by atoms with E-state index in [1.54, 1.807) is 6.07 Å². The number of carbonyl (C=O) groups is 2. The number of benzene rings is 1. The summed E-state index contributed by atoms with van der Waals surface area (Å²) in [6, 6.07) is 5.64. The first-order chi connectivity index (χ1) is 9.64. The largest absolute Gasteiger partial charge is 0.294 e. The Morgan fingerprint density at radius 1 is 0.636 bits per heavy atom. The number of ketones is 2. The lowest BCUT2D eigenvalue weighted by Gasteiger charge is -2.25. The minimum atomic E-state index is -0.460. The molecule has 22 heavy (non-hydrogen) atoms. The van der Waals surface area contributed by atoms with Crippen LogP contribution in [0.3, 0.4) is 0 Å². The van der Waals surface area contributed by atoms with Crippen molar-refractivity contribution in [1.29, 1.82) is 0 Å². The third-order valence-corrected chi connectivity index (χ3v) is 3.69. The maximum atomic E-state index is 12.7. The molecule has 1 rings (SSSR count). The molecule has 0 bridgehead atoms. The predicted molar refractivity (Wildman–Crippen MR) is 92.7 cm³/mol. The summed E-state index contributed by atoms with van der Waals surface area (Å²) in [5.41, 5.74) is 1.26. The van der Waals surface area contributed by atoms with E-state index in [9.17, 15) is 9.59 Å². The summed E-state index contributed by atoms with van der Waals surface area (Å²) in [5, 5.41) is 0. The average Bonchev–Trinajstić information content (AvgIpc) is 2.33. The van der Waals surface area contributed by atoms with Gasteiger partial charge in [-0.3, -0.25) is 9.59 Å². The van der Waals surface area contributed by atoms with Crippen LogP contribution in [0.15, 0.2) is 18.2 Å². The van der Waals surface area contributed by atoms with Gasteiger partial charge in [-0.1, -0.05) is 62.3 Å². The molecule has 0 saturated heterocycles. The SMILES string of the molecule is CC(C)(C)C(=O)c1cc(C(=O)C(C)(C)C)cc(C(C)(C)C)c1. The Hall–Kier alpha value is -1.44. The molecule has 0 aliphatic heterocycles. The molecule has 122 valence electrons. The van der Waals surface area contributed by atoms with Gasteiger partial charge in [-0.2, -0.15) is 0 Å². The maximum Gasteiger partial charge on any atom is 0.168 e. The highest BCUT2D eigenvalue weighted by atomic mass is 16.1. The zero-order valence-electron chi connectivity index (χ0n) is 15.5. The van der Waals surface area contributed by atoms with Crippen molar-refractivity contribution in [3.05, 3.63) is 34.9 Å². The van der Waals surface area contributed by atoms with Crippen LogP contribution in [-0.2, 0) is 5.41 Å². The van der Waals surface area contributed by atoms with Gasteiger partial charge in [-0.25, -0.2) is 0 Å². The lowest BCUT2D eigenvalue weighted by Crippen LogP contribution is -2.25. The second kappa shape index (κ2) is 5.64. The molecule has 1 aromatic rings. The molecule has 0 atom stereocenters. The molecule has 1 aromatic carbocycles. The molecule has 0 amide bonds. The van der Waals surface area contributed by atoms with E-state index >= 15 is 0 Å². The van der Waals surface area contributed by atoms with E-state index in [0.29, 0.717) is 11.1 Å². The first kappa shape index (κ1) is 18.6. The highest BCUT2D eigenvalue weighted by Gasteiger charge is 2.29. The zero-order chi connectivity index (χ0) is 17.5. The van der Waals surface area contributed by atoms with Crippen LogP contribution in [0.25, 0.3) is 0 Å². The number of rotatable bonds is 2. The Morgan fingerprint density at radius 3 is 1.18 bits per heavy atom. The zero-order valence-corrected chi connectivity index (χ0v) is 15.5. The molecule has 0 fully saturated rings. The fraction of sp³-hybridized carbons (Fsp3) is 0.600. The minimum absolute atomic E-state index is 0.0709. The summed E-state index contributed by atoms with van der Waals surface area (Å²) in [6.45, 7) is 17.7. The van der Waals surface area contributed by atoms with Crippen LogP contribution < -0.4 is 0 Å². The van der Waals surface area contributed by atoms with Crippen LogP contribution in [0.5, 0.6) is 0 Å². The smallest absolute Gasteiger partial charge is 0.168 e. The number of carbonyl (C=O) groups excluding carboxylic acids is 2. The van der Waals surface area contributed by atoms with Crippen molar-refractivity contribution in [3.63, 3.8) is 0 Å². The summed E-state index contributed by atoms with van der Waals surface area (Å²) in [4.78, 5) is 25.3. The summed E-state index contributed by atoms with van der Waals surface area (Å²) in [5.74, 6) is 0.142. The molecular formula is C20H30O2. The molecule has 0 spiro atoms. The second-order valence-electron chi connectivity index (χ2n) is 9.21. The van der Waals surface area contributed by atoms with Gasteiger partial charge in [-0.05, 0) is 29.2 Å². The fourth-order valence-electron chi connectivity index (χ4n) is 2.19. The van der Waals surface area contributed by atoms with Gasteiger partial charge in [-0.15, -0.1) is 0 Å². The van der Waals surface area contributed by atoms with Crippen LogP contribution in [-0.4, -0.2) is 11.6 Å². The summed E-state index contributed by atoms with van der Waals surface area (Å²) in [6.07, 6.45) is 0. The van der Waals surface area contributed by atoms with Crippen molar-refractivity contribution in [3.8, 4) is 0 Å². The Bertz CT molecular complexity index is 543. The molecule has 0 aliphatic carbocycles. The summed E-state index contributed by atoms with van der Waals surface area (Å²) >= 11 is 0. The van der Waals surface area contributed by atoms with Gasteiger partial charge in [0.2, 0.25) is 0 Å².